The highest BCUT2D eigenvalue weighted by molar-refractivity contribution is 9.10. The van der Waals surface area contributed by atoms with Gasteiger partial charge in [0.25, 0.3) is 0 Å². The van der Waals surface area contributed by atoms with Crippen molar-refractivity contribution in [2.75, 3.05) is 11.9 Å². The van der Waals surface area contributed by atoms with Crippen LogP contribution < -0.4 is 5.32 Å². The normalized spacial score (nSPS) is 24.6. The number of nitrogens with one attached hydrogen (secondary N) is 1. The molecule has 2 rings (SSSR count). The Hall–Kier alpha value is -0.250. The summed E-state index contributed by atoms with van der Waals surface area (Å²) in [4.78, 5) is 0. The Bertz CT molecular complexity index is 476. The molecule has 112 valence electrons. The van der Waals surface area contributed by atoms with Crippen molar-refractivity contribution in [2.24, 2.45) is 11.3 Å². The van der Waals surface area contributed by atoms with Crippen molar-refractivity contribution in [3.05, 3.63) is 27.7 Å². The van der Waals surface area contributed by atoms with Crippen molar-refractivity contribution in [3.63, 3.8) is 0 Å². The maximum atomic E-state index is 6.24. The molecule has 1 fully saturated rings. The molecule has 2 unspecified atom stereocenters. The molecular weight excluding hydrogens is 338 g/mol. The molecule has 4 heteroatoms. The molecule has 0 radical (unpaired) electrons. The zero-order valence-corrected chi connectivity index (χ0v) is 14.9. The van der Waals surface area contributed by atoms with Gasteiger partial charge in [-0.25, -0.2) is 0 Å². The lowest BCUT2D eigenvalue weighted by Crippen LogP contribution is -2.58. The Morgan fingerprint density at radius 3 is 2.75 bits per heavy atom. The molecule has 0 saturated heterocycles. The van der Waals surface area contributed by atoms with Gasteiger partial charge in [-0.3, -0.25) is 0 Å². The van der Waals surface area contributed by atoms with E-state index >= 15 is 0 Å². The fraction of sp³-hybridized carbons (Fsp3) is 0.625. The third-order valence-electron chi connectivity index (χ3n) is 4.07. The molecule has 1 aliphatic carbocycles. The number of ether oxygens (including phenoxy) is 1. The average molecular weight is 361 g/mol. The van der Waals surface area contributed by atoms with E-state index in [2.05, 4.69) is 48.9 Å². The molecule has 0 spiro atoms. The standard InChI is InChI=1S/C16H23BrClNO/c1-10(2)9-20-15-8-14(16(15,3)4)19-13-7-11(17)5-6-12(13)18/h5-7,10,14-15,19H,8-9H2,1-4H3. The van der Waals surface area contributed by atoms with Crippen LogP contribution in [0.2, 0.25) is 5.02 Å². The van der Waals surface area contributed by atoms with Crippen LogP contribution in [0.3, 0.4) is 0 Å². The van der Waals surface area contributed by atoms with Crippen LogP contribution in [-0.2, 0) is 4.74 Å². The van der Waals surface area contributed by atoms with Crippen LogP contribution >= 0.6 is 27.5 Å². The molecule has 0 bridgehead atoms. The van der Waals surface area contributed by atoms with Gasteiger partial charge in [0, 0.05) is 22.5 Å². The summed E-state index contributed by atoms with van der Waals surface area (Å²) in [6, 6.07) is 6.28. The number of benzene rings is 1. The van der Waals surface area contributed by atoms with E-state index in [0.29, 0.717) is 18.1 Å². The Morgan fingerprint density at radius 2 is 2.15 bits per heavy atom. The molecule has 2 atom stereocenters. The summed E-state index contributed by atoms with van der Waals surface area (Å²) in [5.41, 5.74) is 1.11. The summed E-state index contributed by atoms with van der Waals surface area (Å²) >= 11 is 9.72. The minimum absolute atomic E-state index is 0.126. The molecule has 2 nitrogen and oxygen atoms in total. The van der Waals surface area contributed by atoms with E-state index in [1.54, 1.807) is 0 Å². The van der Waals surface area contributed by atoms with Gasteiger partial charge in [-0.1, -0.05) is 55.2 Å². The number of hydrogen-bond donors (Lipinski definition) is 1. The average Bonchev–Trinajstić information content (AvgIpc) is 2.36. The van der Waals surface area contributed by atoms with Crippen molar-refractivity contribution >= 4 is 33.2 Å². The summed E-state index contributed by atoms with van der Waals surface area (Å²) in [6.45, 7) is 9.71. The van der Waals surface area contributed by atoms with Crippen LogP contribution in [0.25, 0.3) is 0 Å². The first-order valence-corrected chi connectivity index (χ1v) is 8.31. The molecule has 20 heavy (non-hydrogen) atoms. The van der Waals surface area contributed by atoms with Crippen molar-refractivity contribution in [3.8, 4) is 0 Å². The van der Waals surface area contributed by atoms with Gasteiger partial charge in [0.15, 0.2) is 0 Å². The van der Waals surface area contributed by atoms with Crippen molar-refractivity contribution in [1.82, 2.24) is 0 Å². The van der Waals surface area contributed by atoms with Crippen molar-refractivity contribution < 1.29 is 4.74 Å². The van der Waals surface area contributed by atoms with E-state index in [-0.39, 0.29) is 5.41 Å². The van der Waals surface area contributed by atoms with E-state index in [4.69, 9.17) is 16.3 Å². The van der Waals surface area contributed by atoms with Gasteiger partial charge in [-0.15, -0.1) is 0 Å². The molecule has 1 aromatic carbocycles. The molecule has 1 aromatic rings. The molecule has 0 aliphatic heterocycles. The molecule has 1 N–H and O–H groups in total. The predicted molar refractivity (Wildman–Crippen MR) is 89.5 cm³/mol. The molecule has 1 aliphatic rings. The lowest BCUT2D eigenvalue weighted by atomic mass is 9.64. The third kappa shape index (κ3) is 3.49. The zero-order chi connectivity index (χ0) is 14.9. The monoisotopic (exact) mass is 359 g/mol. The van der Waals surface area contributed by atoms with Crippen LogP contribution in [0.4, 0.5) is 5.69 Å². The summed E-state index contributed by atoms with van der Waals surface area (Å²) in [5.74, 6) is 0.581. The predicted octanol–water partition coefficient (Wildman–Crippen LogP) is 5.35. The summed E-state index contributed by atoms with van der Waals surface area (Å²) < 4.78 is 7.03. The fourth-order valence-electron chi connectivity index (χ4n) is 2.52. The first kappa shape index (κ1) is 16.1. The molecule has 0 aromatic heterocycles. The van der Waals surface area contributed by atoms with Crippen LogP contribution in [0.1, 0.15) is 34.1 Å². The molecule has 0 amide bonds. The summed E-state index contributed by atoms with van der Waals surface area (Å²) in [7, 11) is 0. The van der Waals surface area contributed by atoms with Gasteiger partial charge in [0.1, 0.15) is 0 Å². The smallest absolute Gasteiger partial charge is 0.0665 e. The Kier molecular flexibility index (Phi) is 5.04. The van der Waals surface area contributed by atoms with Gasteiger partial charge in [-0.05, 0) is 30.5 Å². The lowest BCUT2D eigenvalue weighted by Gasteiger charge is -2.52. The first-order valence-electron chi connectivity index (χ1n) is 7.14. The van der Waals surface area contributed by atoms with Crippen LogP contribution in [-0.4, -0.2) is 18.8 Å². The first-order chi connectivity index (χ1) is 9.30. The van der Waals surface area contributed by atoms with Gasteiger partial charge in [0.05, 0.1) is 16.8 Å². The zero-order valence-electron chi connectivity index (χ0n) is 12.5. The Labute approximate surface area is 135 Å². The number of anilines is 1. The second-order valence-corrected chi connectivity index (χ2v) is 7.92. The molecule has 0 heterocycles. The van der Waals surface area contributed by atoms with Gasteiger partial charge < -0.3 is 10.1 Å². The largest absolute Gasteiger partial charge is 0.380 e. The minimum Gasteiger partial charge on any atom is -0.380 e. The van der Waals surface area contributed by atoms with Gasteiger partial charge in [-0.2, -0.15) is 0 Å². The van der Waals surface area contributed by atoms with E-state index < -0.39 is 0 Å². The van der Waals surface area contributed by atoms with Crippen molar-refractivity contribution in [1.29, 1.82) is 0 Å². The van der Waals surface area contributed by atoms with Crippen LogP contribution in [0.5, 0.6) is 0 Å². The molecule has 1 saturated carbocycles. The van der Waals surface area contributed by atoms with Gasteiger partial charge >= 0.3 is 0 Å². The number of rotatable bonds is 5. The second-order valence-electron chi connectivity index (χ2n) is 6.59. The Balaban J connectivity index is 1.97. The lowest BCUT2D eigenvalue weighted by molar-refractivity contribution is -0.108. The quantitative estimate of drug-likeness (QED) is 0.763. The SMILES string of the molecule is CC(C)COC1CC(Nc2cc(Br)ccc2Cl)C1(C)C. The molecular formula is C16H23BrClNO. The summed E-state index contributed by atoms with van der Waals surface area (Å²) in [6.07, 6.45) is 1.36. The number of hydrogen-bond acceptors (Lipinski definition) is 2. The highest BCUT2D eigenvalue weighted by Crippen LogP contribution is 2.45. The fourth-order valence-corrected chi connectivity index (χ4v) is 3.05. The van der Waals surface area contributed by atoms with E-state index in [1.807, 2.05) is 18.2 Å². The van der Waals surface area contributed by atoms with E-state index in [9.17, 15) is 0 Å². The second kappa shape index (κ2) is 6.25. The van der Waals surface area contributed by atoms with Gasteiger partial charge in [0.2, 0.25) is 0 Å². The maximum absolute atomic E-state index is 6.24. The highest BCUT2D eigenvalue weighted by atomic mass is 79.9. The van der Waals surface area contributed by atoms with E-state index in [0.717, 1.165) is 28.2 Å². The summed E-state index contributed by atoms with van der Waals surface area (Å²) in [5, 5.41) is 4.31. The Morgan fingerprint density at radius 1 is 1.45 bits per heavy atom. The van der Waals surface area contributed by atoms with Crippen LogP contribution in [0.15, 0.2) is 22.7 Å². The number of halogens is 2. The topological polar surface area (TPSA) is 21.3 Å². The van der Waals surface area contributed by atoms with Crippen molar-refractivity contribution in [2.45, 2.75) is 46.3 Å². The highest BCUT2D eigenvalue weighted by Gasteiger charge is 2.49. The minimum atomic E-state index is 0.126. The third-order valence-corrected chi connectivity index (χ3v) is 4.89. The van der Waals surface area contributed by atoms with E-state index in [1.165, 1.54) is 0 Å². The maximum Gasteiger partial charge on any atom is 0.0665 e. The van der Waals surface area contributed by atoms with Crippen LogP contribution in [0, 0.1) is 11.3 Å².